The van der Waals surface area contributed by atoms with Crippen molar-refractivity contribution in [3.05, 3.63) is 33.4 Å². The van der Waals surface area contributed by atoms with E-state index in [-0.39, 0.29) is 11.1 Å². The van der Waals surface area contributed by atoms with Crippen LogP contribution in [0.2, 0.25) is 0 Å². The number of aromatic carboxylic acids is 2. The molecule has 0 fully saturated rings. The molecule has 1 aromatic carbocycles. The first kappa shape index (κ1) is 20.2. The Labute approximate surface area is 144 Å². The van der Waals surface area contributed by atoms with Crippen LogP contribution in [0.3, 0.4) is 0 Å². The summed E-state index contributed by atoms with van der Waals surface area (Å²) in [6.45, 7) is 8.04. The lowest BCUT2D eigenvalue weighted by Crippen LogP contribution is -2.18. The summed E-state index contributed by atoms with van der Waals surface area (Å²) in [5, 5.41) is 19.4. The van der Waals surface area contributed by atoms with E-state index < -0.39 is 11.9 Å². The molecule has 0 bridgehead atoms. The lowest BCUT2D eigenvalue weighted by atomic mass is 9.83. The zero-order valence-electron chi connectivity index (χ0n) is 15.4. The Bertz CT molecular complexity index is 549. The molecule has 2 N–H and O–H groups in total. The first-order chi connectivity index (χ1) is 11.4. The molecule has 1 aromatic rings. The highest BCUT2D eigenvalue weighted by Gasteiger charge is 2.27. The van der Waals surface area contributed by atoms with E-state index >= 15 is 0 Å². The fourth-order valence-corrected chi connectivity index (χ4v) is 3.33. The minimum Gasteiger partial charge on any atom is -0.478 e. The Hall–Kier alpha value is -1.84. The summed E-state index contributed by atoms with van der Waals surface area (Å²) < 4.78 is 0. The minimum atomic E-state index is -1.13. The maximum absolute atomic E-state index is 11.9. The molecule has 0 aromatic heterocycles. The monoisotopic (exact) mass is 334 g/mol. The van der Waals surface area contributed by atoms with Crippen molar-refractivity contribution in [3.63, 3.8) is 0 Å². The highest BCUT2D eigenvalue weighted by atomic mass is 16.4. The molecule has 0 atom stereocenters. The first-order valence-electron chi connectivity index (χ1n) is 8.98. The molecule has 4 heteroatoms. The third-order valence-corrected chi connectivity index (χ3v) is 4.81. The summed E-state index contributed by atoms with van der Waals surface area (Å²) in [5.41, 5.74) is 3.30. The molecule has 4 nitrogen and oxygen atoms in total. The Balaban J connectivity index is 3.51. The predicted octanol–water partition coefficient (Wildman–Crippen LogP) is 5.17. The van der Waals surface area contributed by atoms with Gasteiger partial charge in [0.25, 0.3) is 0 Å². The van der Waals surface area contributed by atoms with Crippen LogP contribution in [0.15, 0.2) is 0 Å². The van der Waals surface area contributed by atoms with E-state index in [1.54, 1.807) is 0 Å². The van der Waals surface area contributed by atoms with Crippen LogP contribution in [-0.2, 0) is 12.8 Å². The van der Waals surface area contributed by atoms with Crippen molar-refractivity contribution in [3.8, 4) is 0 Å². The van der Waals surface area contributed by atoms with Crippen molar-refractivity contribution >= 4 is 11.9 Å². The predicted molar refractivity (Wildman–Crippen MR) is 96.3 cm³/mol. The van der Waals surface area contributed by atoms with E-state index in [0.29, 0.717) is 24.0 Å². The Morgan fingerprint density at radius 3 is 1.29 bits per heavy atom. The van der Waals surface area contributed by atoms with Crippen molar-refractivity contribution in [1.29, 1.82) is 0 Å². The summed E-state index contributed by atoms with van der Waals surface area (Å²) in [6.07, 6.45) is 7.12. The first-order valence-corrected chi connectivity index (χ1v) is 8.98. The number of carboxylic acids is 2. The number of hydrogen-bond donors (Lipinski definition) is 2. The Morgan fingerprint density at radius 1 is 0.708 bits per heavy atom. The van der Waals surface area contributed by atoms with E-state index in [1.165, 1.54) is 0 Å². The molecule has 0 aliphatic rings. The second-order valence-electron chi connectivity index (χ2n) is 6.48. The number of carbonyl (C=O) groups is 2. The van der Waals surface area contributed by atoms with Crippen molar-refractivity contribution in [2.45, 2.75) is 79.1 Å². The molecule has 0 aliphatic heterocycles. The van der Waals surface area contributed by atoms with E-state index in [0.717, 1.165) is 49.7 Å². The minimum absolute atomic E-state index is 0.00759. The lowest BCUT2D eigenvalue weighted by molar-refractivity contribution is 0.0649. The average molecular weight is 334 g/mol. The highest BCUT2D eigenvalue weighted by Crippen LogP contribution is 2.30. The van der Waals surface area contributed by atoms with Gasteiger partial charge in [-0.2, -0.15) is 0 Å². The van der Waals surface area contributed by atoms with Crippen LogP contribution >= 0.6 is 0 Å². The maximum Gasteiger partial charge on any atom is 0.336 e. The summed E-state index contributed by atoms with van der Waals surface area (Å²) in [5.74, 6) is -2.25. The van der Waals surface area contributed by atoms with Gasteiger partial charge in [-0.15, -0.1) is 0 Å². The molecule has 0 saturated carbocycles. The van der Waals surface area contributed by atoms with Gasteiger partial charge in [0.2, 0.25) is 0 Å². The van der Waals surface area contributed by atoms with Gasteiger partial charge in [-0.3, -0.25) is 0 Å². The molecule has 1 rings (SSSR count). The molecular weight excluding hydrogens is 304 g/mol. The molecular formula is C20H30O4. The quantitative estimate of drug-likeness (QED) is 0.579. The van der Waals surface area contributed by atoms with Crippen LogP contribution in [0.25, 0.3) is 0 Å². The molecule has 0 spiro atoms. The summed E-state index contributed by atoms with van der Waals surface area (Å²) in [7, 11) is 0. The number of rotatable bonds is 10. The second kappa shape index (κ2) is 9.45. The maximum atomic E-state index is 11.9. The highest BCUT2D eigenvalue weighted by molar-refractivity contribution is 6.04. The summed E-state index contributed by atoms with van der Waals surface area (Å²) >= 11 is 0. The number of hydrogen-bond acceptors (Lipinski definition) is 2. The second-order valence-corrected chi connectivity index (χ2v) is 6.48. The molecule has 0 radical (unpaired) electrons. The van der Waals surface area contributed by atoms with Crippen LogP contribution in [0, 0.1) is 13.8 Å². The van der Waals surface area contributed by atoms with Crippen LogP contribution in [0.4, 0.5) is 0 Å². The third-order valence-electron chi connectivity index (χ3n) is 4.81. The molecule has 134 valence electrons. The van der Waals surface area contributed by atoms with E-state index in [4.69, 9.17) is 0 Å². The smallest absolute Gasteiger partial charge is 0.336 e. The van der Waals surface area contributed by atoms with Gasteiger partial charge in [0.05, 0.1) is 11.1 Å². The van der Waals surface area contributed by atoms with Gasteiger partial charge in [-0.1, -0.05) is 39.5 Å². The van der Waals surface area contributed by atoms with E-state index in [9.17, 15) is 19.8 Å². The van der Waals surface area contributed by atoms with Crippen molar-refractivity contribution < 1.29 is 19.8 Å². The molecule has 0 amide bonds. The van der Waals surface area contributed by atoms with Gasteiger partial charge in [-0.05, 0) is 61.8 Å². The van der Waals surface area contributed by atoms with Crippen LogP contribution in [-0.4, -0.2) is 22.2 Å². The molecule has 0 unspecified atom stereocenters. The van der Waals surface area contributed by atoms with Crippen LogP contribution < -0.4 is 0 Å². The largest absolute Gasteiger partial charge is 0.478 e. The number of carboxylic acid groups (broad SMARTS) is 2. The molecule has 24 heavy (non-hydrogen) atoms. The lowest BCUT2D eigenvalue weighted by Gasteiger charge is -2.20. The molecule has 0 aliphatic carbocycles. The fraction of sp³-hybridized carbons (Fsp3) is 0.600. The normalized spacial score (nSPS) is 10.8. The molecule has 0 heterocycles. The molecule has 0 saturated heterocycles. The number of unbranched alkanes of at least 4 members (excludes halogenated alkanes) is 4. The standard InChI is InChI=1S/C20H30O4/c1-5-7-9-11-15-13(3)14(4)16(12-10-8-6-2)18(20(23)24)17(15)19(21)22/h5-12H2,1-4H3,(H,21,22)(H,23,24). The van der Waals surface area contributed by atoms with Gasteiger partial charge in [0.1, 0.15) is 0 Å². The van der Waals surface area contributed by atoms with Gasteiger partial charge < -0.3 is 10.2 Å². The van der Waals surface area contributed by atoms with Crippen molar-refractivity contribution in [2.75, 3.05) is 0 Å². The van der Waals surface area contributed by atoms with E-state index in [2.05, 4.69) is 13.8 Å². The van der Waals surface area contributed by atoms with Crippen molar-refractivity contribution in [1.82, 2.24) is 0 Å². The fourth-order valence-electron chi connectivity index (χ4n) is 3.33. The Kier molecular flexibility index (Phi) is 7.96. The van der Waals surface area contributed by atoms with Crippen molar-refractivity contribution in [2.24, 2.45) is 0 Å². The number of benzene rings is 1. The third kappa shape index (κ3) is 4.59. The van der Waals surface area contributed by atoms with Gasteiger partial charge in [-0.25, -0.2) is 9.59 Å². The van der Waals surface area contributed by atoms with Gasteiger partial charge >= 0.3 is 11.9 Å². The SMILES string of the molecule is CCCCCc1c(C)c(C)c(CCCCC)c(C(=O)O)c1C(=O)O. The van der Waals surface area contributed by atoms with Crippen LogP contribution in [0.5, 0.6) is 0 Å². The van der Waals surface area contributed by atoms with E-state index in [1.807, 2.05) is 13.8 Å². The average Bonchev–Trinajstić information content (AvgIpc) is 2.52. The summed E-state index contributed by atoms with van der Waals surface area (Å²) in [6, 6.07) is 0. The Morgan fingerprint density at radius 2 is 1.04 bits per heavy atom. The zero-order valence-corrected chi connectivity index (χ0v) is 15.4. The van der Waals surface area contributed by atoms with Crippen LogP contribution in [0.1, 0.15) is 95.3 Å². The van der Waals surface area contributed by atoms with Gasteiger partial charge in [0.15, 0.2) is 0 Å². The summed E-state index contributed by atoms with van der Waals surface area (Å²) in [4.78, 5) is 23.7. The topological polar surface area (TPSA) is 74.6 Å². The van der Waals surface area contributed by atoms with Gasteiger partial charge in [0, 0.05) is 0 Å². The zero-order chi connectivity index (χ0) is 18.3.